The molecule has 0 aromatic heterocycles. The molecule has 0 bridgehead atoms. The molecule has 5 nitrogen and oxygen atoms in total. The number of hydrogen-bond acceptors (Lipinski definition) is 3. The summed E-state index contributed by atoms with van der Waals surface area (Å²) in [6.07, 6.45) is 1.20. The summed E-state index contributed by atoms with van der Waals surface area (Å²) in [7, 11) is 1.76. The first-order valence-corrected chi connectivity index (χ1v) is 8.84. The molecule has 136 valence electrons. The molecular formula is C19H33N3O2. The normalized spacial score (nSPS) is 14.5. The predicted molar refractivity (Wildman–Crippen MR) is 101 cm³/mol. The van der Waals surface area contributed by atoms with E-state index in [9.17, 15) is 5.11 Å². The van der Waals surface area contributed by atoms with E-state index in [4.69, 9.17) is 4.74 Å². The maximum absolute atomic E-state index is 9.62. The van der Waals surface area contributed by atoms with E-state index in [-0.39, 0.29) is 18.6 Å². The molecule has 5 heteroatoms. The second-order valence-electron chi connectivity index (χ2n) is 6.20. The van der Waals surface area contributed by atoms with Gasteiger partial charge in [-0.05, 0) is 24.8 Å². The summed E-state index contributed by atoms with van der Waals surface area (Å²) in [6, 6.07) is 10.0. The summed E-state index contributed by atoms with van der Waals surface area (Å²) < 4.78 is 5.76. The molecular weight excluding hydrogens is 302 g/mol. The van der Waals surface area contributed by atoms with Gasteiger partial charge in [0.15, 0.2) is 5.96 Å². The largest absolute Gasteiger partial charge is 0.396 e. The Labute approximate surface area is 146 Å². The zero-order valence-electron chi connectivity index (χ0n) is 15.5. The van der Waals surface area contributed by atoms with E-state index >= 15 is 0 Å². The summed E-state index contributed by atoms with van der Waals surface area (Å²) in [5.74, 6) is 1.30. The van der Waals surface area contributed by atoms with E-state index < -0.39 is 0 Å². The van der Waals surface area contributed by atoms with Crippen LogP contribution in [0.2, 0.25) is 0 Å². The summed E-state index contributed by atoms with van der Waals surface area (Å²) >= 11 is 0. The Kier molecular flexibility index (Phi) is 10.1. The Bertz CT molecular complexity index is 463. The third-order valence-electron chi connectivity index (χ3n) is 4.08. The van der Waals surface area contributed by atoms with Gasteiger partial charge in [0.05, 0.1) is 12.7 Å². The van der Waals surface area contributed by atoms with Crippen molar-refractivity contribution < 1.29 is 9.84 Å². The number of nitrogens with one attached hydrogen (secondary N) is 2. The quantitative estimate of drug-likeness (QED) is 0.454. The Balaban J connectivity index is 2.42. The number of aliphatic hydroxyl groups excluding tert-OH is 1. The highest BCUT2D eigenvalue weighted by molar-refractivity contribution is 5.79. The summed E-state index contributed by atoms with van der Waals surface area (Å²) in [4.78, 5) is 4.25. The zero-order valence-corrected chi connectivity index (χ0v) is 15.5. The molecule has 0 saturated carbocycles. The fourth-order valence-electron chi connectivity index (χ4n) is 2.61. The van der Waals surface area contributed by atoms with Gasteiger partial charge in [0.25, 0.3) is 0 Å². The van der Waals surface area contributed by atoms with Crippen LogP contribution in [0.1, 0.15) is 38.7 Å². The molecule has 24 heavy (non-hydrogen) atoms. The van der Waals surface area contributed by atoms with Crippen LogP contribution >= 0.6 is 0 Å². The standard InChI is InChI=1S/C19H33N3O2/c1-5-24-18(15(2)3)11-12-21-19(20-4)22-13-17(14-23)16-9-7-6-8-10-16/h6-10,15,17-18,23H,5,11-14H2,1-4H3,(H2,20,21,22). The van der Waals surface area contributed by atoms with Gasteiger partial charge >= 0.3 is 0 Å². The number of aliphatic hydroxyl groups is 1. The minimum absolute atomic E-state index is 0.0524. The van der Waals surface area contributed by atoms with E-state index in [1.165, 1.54) is 0 Å². The van der Waals surface area contributed by atoms with Crippen molar-refractivity contribution in [2.24, 2.45) is 10.9 Å². The molecule has 0 aliphatic rings. The summed E-state index contributed by atoms with van der Waals surface area (Å²) in [5.41, 5.74) is 1.12. The average Bonchev–Trinajstić information content (AvgIpc) is 2.60. The smallest absolute Gasteiger partial charge is 0.191 e. The summed E-state index contributed by atoms with van der Waals surface area (Å²) in [5, 5.41) is 16.2. The van der Waals surface area contributed by atoms with Crippen molar-refractivity contribution in [1.82, 2.24) is 10.6 Å². The second kappa shape index (κ2) is 11.9. The first kappa shape index (κ1) is 20.5. The first-order chi connectivity index (χ1) is 11.6. The SMILES string of the molecule is CCOC(CCNC(=NC)NCC(CO)c1ccccc1)C(C)C. The minimum atomic E-state index is 0.0524. The Morgan fingerprint density at radius 1 is 1.21 bits per heavy atom. The van der Waals surface area contributed by atoms with Crippen LogP contribution in [0.25, 0.3) is 0 Å². The van der Waals surface area contributed by atoms with Gasteiger partial charge in [0.1, 0.15) is 0 Å². The van der Waals surface area contributed by atoms with Crippen molar-refractivity contribution in [1.29, 1.82) is 0 Å². The van der Waals surface area contributed by atoms with Crippen LogP contribution in [0.3, 0.4) is 0 Å². The molecule has 0 heterocycles. The molecule has 0 saturated heterocycles. The molecule has 1 aromatic rings. The highest BCUT2D eigenvalue weighted by Gasteiger charge is 2.14. The van der Waals surface area contributed by atoms with Gasteiger partial charge < -0.3 is 20.5 Å². The van der Waals surface area contributed by atoms with E-state index in [2.05, 4.69) is 29.5 Å². The molecule has 0 spiro atoms. The number of ether oxygens (including phenoxy) is 1. The lowest BCUT2D eigenvalue weighted by Crippen LogP contribution is -2.41. The van der Waals surface area contributed by atoms with Crippen molar-refractivity contribution in [3.8, 4) is 0 Å². The zero-order chi connectivity index (χ0) is 17.8. The van der Waals surface area contributed by atoms with Crippen molar-refractivity contribution in [2.75, 3.05) is 33.4 Å². The van der Waals surface area contributed by atoms with Gasteiger partial charge in [0.2, 0.25) is 0 Å². The predicted octanol–water partition coefficient (Wildman–Crippen LogP) is 2.38. The lowest BCUT2D eigenvalue weighted by atomic mass is 10.0. The number of aliphatic imine (C=N–C) groups is 1. The van der Waals surface area contributed by atoms with Crippen LogP contribution in [-0.2, 0) is 4.74 Å². The molecule has 0 amide bonds. The van der Waals surface area contributed by atoms with Crippen molar-refractivity contribution in [3.63, 3.8) is 0 Å². The maximum Gasteiger partial charge on any atom is 0.191 e. The Morgan fingerprint density at radius 3 is 2.46 bits per heavy atom. The maximum atomic E-state index is 9.62. The van der Waals surface area contributed by atoms with Crippen LogP contribution < -0.4 is 10.6 Å². The molecule has 1 aromatic carbocycles. The van der Waals surface area contributed by atoms with E-state index in [1.807, 2.05) is 37.3 Å². The van der Waals surface area contributed by atoms with Crippen molar-refractivity contribution >= 4 is 5.96 Å². The second-order valence-corrected chi connectivity index (χ2v) is 6.20. The van der Waals surface area contributed by atoms with Crippen LogP contribution in [0, 0.1) is 5.92 Å². The fourth-order valence-corrected chi connectivity index (χ4v) is 2.61. The monoisotopic (exact) mass is 335 g/mol. The molecule has 0 aliphatic carbocycles. The molecule has 0 fully saturated rings. The lowest BCUT2D eigenvalue weighted by Gasteiger charge is -2.22. The summed E-state index contributed by atoms with van der Waals surface area (Å²) in [6.45, 7) is 8.68. The molecule has 2 atom stereocenters. The fraction of sp³-hybridized carbons (Fsp3) is 0.632. The highest BCUT2D eigenvalue weighted by atomic mass is 16.5. The van der Waals surface area contributed by atoms with Gasteiger partial charge in [-0.1, -0.05) is 44.2 Å². The minimum Gasteiger partial charge on any atom is -0.396 e. The van der Waals surface area contributed by atoms with Crippen molar-refractivity contribution in [2.45, 2.75) is 39.2 Å². The molecule has 0 aliphatic heterocycles. The average molecular weight is 335 g/mol. The topological polar surface area (TPSA) is 65.9 Å². The van der Waals surface area contributed by atoms with Crippen LogP contribution in [0.5, 0.6) is 0 Å². The van der Waals surface area contributed by atoms with Crippen LogP contribution in [0.15, 0.2) is 35.3 Å². The van der Waals surface area contributed by atoms with Gasteiger partial charge in [-0.25, -0.2) is 0 Å². The molecule has 1 rings (SSSR count). The third kappa shape index (κ3) is 7.32. The van der Waals surface area contributed by atoms with E-state index in [0.29, 0.717) is 12.5 Å². The lowest BCUT2D eigenvalue weighted by molar-refractivity contribution is 0.0258. The molecule has 3 N–H and O–H groups in total. The first-order valence-electron chi connectivity index (χ1n) is 8.84. The number of guanidine groups is 1. The van der Waals surface area contributed by atoms with Crippen molar-refractivity contribution in [3.05, 3.63) is 35.9 Å². The van der Waals surface area contributed by atoms with E-state index in [0.717, 1.165) is 31.1 Å². The number of hydrogen-bond donors (Lipinski definition) is 3. The van der Waals surface area contributed by atoms with Gasteiger partial charge in [-0.3, -0.25) is 4.99 Å². The number of nitrogens with zero attached hydrogens (tertiary/aromatic N) is 1. The van der Waals surface area contributed by atoms with Crippen LogP contribution in [0.4, 0.5) is 0 Å². The number of benzene rings is 1. The van der Waals surface area contributed by atoms with Gasteiger partial charge in [-0.2, -0.15) is 0 Å². The Morgan fingerprint density at radius 2 is 1.92 bits per heavy atom. The highest BCUT2D eigenvalue weighted by Crippen LogP contribution is 2.13. The van der Waals surface area contributed by atoms with E-state index in [1.54, 1.807) is 7.05 Å². The third-order valence-corrected chi connectivity index (χ3v) is 4.08. The molecule has 0 radical (unpaired) electrons. The molecule has 2 unspecified atom stereocenters. The van der Waals surface area contributed by atoms with Crippen LogP contribution in [-0.4, -0.2) is 50.5 Å². The van der Waals surface area contributed by atoms with Gasteiger partial charge in [-0.15, -0.1) is 0 Å². The number of rotatable bonds is 10. The van der Waals surface area contributed by atoms with Gasteiger partial charge in [0, 0.05) is 32.7 Å². The Hall–Kier alpha value is -1.59.